The molecule has 1 saturated heterocycles. The van der Waals surface area contributed by atoms with E-state index < -0.39 is 12.6 Å². The van der Waals surface area contributed by atoms with E-state index in [2.05, 4.69) is 0 Å². The first-order valence-electron chi connectivity index (χ1n) is 5.71. The van der Waals surface area contributed by atoms with Gasteiger partial charge in [-0.2, -0.15) is 9.78 Å². The second kappa shape index (κ2) is 5.49. The Morgan fingerprint density at radius 1 is 0.632 bits per heavy atom. The minimum absolute atomic E-state index is 0.557. The van der Waals surface area contributed by atoms with Crippen LogP contribution in [0.4, 0.5) is 0 Å². The predicted molar refractivity (Wildman–Crippen MR) is 71.6 cm³/mol. The molecule has 0 radical (unpaired) electrons. The first kappa shape index (κ1) is 12.9. The molecule has 1 heterocycles. The Labute approximate surface area is 120 Å². The van der Waals surface area contributed by atoms with Crippen molar-refractivity contribution < 1.29 is 14.5 Å². The van der Waals surface area contributed by atoms with Gasteiger partial charge in [-0.25, -0.2) is 0 Å². The number of hydrogen-bond donors (Lipinski definition) is 0. The Balaban J connectivity index is 1.73. The van der Waals surface area contributed by atoms with E-state index in [4.69, 9.17) is 37.7 Å². The number of hydrogen-bond acceptors (Lipinski definition) is 3. The van der Waals surface area contributed by atoms with Gasteiger partial charge < -0.3 is 4.74 Å². The lowest BCUT2D eigenvalue weighted by Crippen LogP contribution is -2.00. The minimum Gasteiger partial charge on any atom is -0.309 e. The molecule has 19 heavy (non-hydrogen) atoms. The van der Waals surface area contributed by atoms with E-state index in [0.717, 1.165) is 11.1 Å². The molecule has 2 aromatic rings. The van der Waals surface area contributed by atoms with Crippen molar-refractivity contribution >= 4 is 23.2 Å². The van der Waals surface area contributed by atoms with Gasteiger partial charge >= 0.3 is 0 Å². The normalized spacial score (nSPS) is 22.6. The summed E-state index contributed by atoms with van der Waals surface area (Å²) in [5.41, 5.74) is 1.70. The van der Waals surface area contributed by atoms with Crippen LogP contribution in [0.5, 0.6) is 0 Å². The molecular weight excluding hydrogens is 287 g/mol. The molecule has 0 N–H and O–H groups in total. The largest absolute Gasteiger partial charge is 0.309 e. The van der Waals surface area contributed by atoms with E-state index in [-0.39, 0.29) is 0 Å². The summed E-state index contributed by atoms with van der Waals surface area (Å²) in [7, 11) is 0. The minimum atomic E-state index is -0.557. The van der Waals surface area contributed by atoms with Crippen LogP contribution in [0.2, 0.25) is 10.0 Å². The van der Waals surface area contributed by atoms with Gasteiger partial charge in [-0.1, -0.05) is 47.5 Å². The summed E-state index contributed by atoms with van der Waals surface area (Å²) in [5.74, 6) is 0. The zero-order valence-electron chi connectivity index (χ0n) is 9.75. The number of halogens is 2. The van der Waals surface area contributed by atoms with Gasteiger partial charge in [0.05, 0.1) is 0 Å². The second-order valence-corrected chi connectivity index (χ2v) is 4.97. The van der Waals surface area contributed by atoms with Crippen LogP contribution in [0.3, 0.4) is 0 Å². The van der Waals surface area contributed by atoms with Gasteiger partial charge in [0.15, 0.2) is 0 Å². The Bertz CT molecular complexity index is 502. The highest BCUT2D eigenvalue weighted by Gasteiger charge is 2.30. The summed E-state index contributed by atoms with van der Waals surface area (Å²) < 4.78 is 5.68. The topological polar surface area (TPSA) is 27.7 Å². The number of ether oxygens (including phenoxy) is 1. The fraction of sp³-hybridized carbons (Fsp3) is 0.143. The molecule has 2 unspecified atom stereocenters. The van der Waals surface area contributed by atoms with Crippen molar-refractivity contribution in [2.75, 3.05) is 0 Å². The maximum atomic E-state index is 5.83. The summed E-state index contributed by atoms with van der Waals surface area (Å²) >= 11 is 11.7. The van der Waals surface area contributed by atoms with Crippen molar-refractivity contribution in [3.63, 3.8) is 0 Å². The third-order valence-corrected chi connectivity index (χ3v) is 3.27. The Hall–Kier alpha value is -1.10. The highest BCUT2D eigenvalue weighted by atomic mass is 35.5. The van der Waals surface area contributed by atoms with Crippen LogP contribution in [0.15, 0.2) is 48.5 Å². The standard InChI is InChI=1S/C14H10Cl2O3/c15-11-5-1-9(2-6-11)13-17-14(19-18-13)10-3-7-12(16)8-4-10/h1-8,13-14H. The zero-order valence-corrected chi connectivity index (χ0v) is 11.3. The average molecular weight is 297 g/mol. The highest BCUT2D eigenvalue weighted by Crippen LogP contribution is 2.36. The van der Waals surface area contributed by atoms with Gasteiger partial charge in [-0.15, -0.1) is 0 Å². The van der Waals surface area contributed by atoms with Crippen LogP contribution in [0.1, 0.15) is 23.7 Å². The van der Waals surface area contributed by atoms with E-state index in [1.54, 1.807) is 24.3 Å². The van der Waals surface area contributed by atoms with Crippen LogP contribution < -0.4 is 0 Å². The van der Waals surface area contributed by atoms with E-state index in [1.807, 2.05) is 24.3 Å². The predicted octanol–water partition coefficient (Wildman–Crippen LogP) is 4.67. The maximum absolute atomic E-state index is 5.83. The van der Waals surface area contributed by atoms with E-state index in [0.29, 0.717) is 10.0 Å². The molecule has 98 valence electrons. The van der Waals surface area contributed by atoms with Crippen molar-refractivity contribution in [1.29, 1.82) is 0 Å². The fourth-order valence-electron chi connectivity index (χ4n) is 1.77. The first-order chi connectivity index (χ1) is 9.22. The molecule has 3 rings (SSSR count). The number of benzene rings is 2. The summed E-state index contributed by atoms with van der Waals surface area (Å²) in [6.07, 6.45) is -1.11. The summed E-state index contributed by atoms with van der Waals surface area (Å²) in [4.78, 5) is 10.4. The monoisotopic (exact) mass is 296 g/mol. The van der Waals surface area contributed by atoms with E-state index in [1.165, 1.54) is 0 Å². The Morgan fingerprint density at radius 3 is 1.37 bits per heavy atom. The van der Waals surface area contributed by atoms with Crippen LogP contribution in [-0.2, 0) is 14.5 Å². The molecule has 1 aliphatic heterocycles. The number of rotatable bonds is 2. The van der Waals surface area contributed by atoms with Gasteiger partial charge in [-0.3, -0.25) is 0 Å². The molecule has 0 aliphatic carbocycles. The van der Waals surface area contributed by atoms with Gasteiger partial charge in [0.1, 0.15) is 0 Å². The third-order valence-electron chi connectivity index (χ3n) is 2.76. The SMILES string of the molecule is Clc1ccc(C2OOC(c3ccc(Cl)cc3)O2)cc1. The molecule has 1 fully saturated rings. The van der Waals surface area contributed by atoms with Gasteiger partial charge in [0, 0.05) is 21.2 Å². The summed E-state index contributed by atoms with van der Waals surface area (Å²) in [6.45, 7) is 0. The fourth-order valence-corrected chi connectivity index (χ4v) is 2.02. The van der Waals surface area contributed by atoms with Crippen LogP contribution in [0.25, 0.3) is 0 Å². The van der Waals surface area contributed by atoms with Crippen molar-refractivity contribution in [2.24, 2.45) is 0 Å². The van der Waals surface area contributed by atoms with E-state index >= 15 is 0 Å². The molecule has 2 atom stereocenters. The summed E-state index contributed by atoms with van der Waals surface area (Å²) in [5, 5.41) is 1.33. The molecule has 0 amide bonds. The molecule has 1 aliphatic rings. The van der Waals surface area contributed by atoms with Gasteiger partial charge in [-0.05, 0) is 24.3 Å². The van der Waals surface area contributed by atoms with E-state index in [9.17, 15) is 0 Å². The van der Waals surface area contributed by atoms with Crippen LogP contribution in [0, 0.1) is 0 Å². The third kappa shape index (κ3) is 2.91. The lowest BCUT2D eigenvalue weighted by Gasteiger charge is -2.08. The molecule has 2 aromatic carbocycles. The highest BCUT2D eigenvalue weighted by molar-refractivity contribution is 6.30. The van der Waals surface area contributed by atoms with Gasteiger partial charge in [0.2, 0.25) is 12.6 Å². The lowest BCUT2D eigenvalue weighted by molar-refractivity contribution is -0.300. The van der Waals surface area contributed by atoms with Crippen LogP contribution in [-0.4, -0.2) is 0 Å². The second-order valence-electron chi connectivity index (χ2n) is 4.10. The van der Waals surface area contributed by atoms with Crippen LogP contribution >= 0.6 is 23.2 Å². The zero-order chi connectivity index (χ0) is 13.2. The molecule has 0 aromatic heterocycles. The Morgan fingerprint density at radius 2 is 1.00 bits per heavy atom. The van der Waals surface area contributed by atoms with Crippen molar-refractivity contribution in [1.82, 2.24) is 0 Å². The molecule has 0 saturated carbocycles. The van der Waals surface area contributed by atoms with Crippen molar-refractivity contribution in [3.8, 4) is 0 Å². The molecule has 0 spiro atoms. The van der Waals surface area contributed by atoms with Crippen molar-refractivity contribution in [3.05, 3.63) is 69.7 Å². The molecular formula is C14H10Cl2O3. The van der Waals surface area contributed by atoms with Gasteiger partial charge in [0.25, 0.3) is 0 Å². The smallest absolute Gasteiger partial charge is 0.220 e. The Kier molecular flexibility index (Phi) is 3.73. The molecule has 3 nitrogen and oxygen atoms in total. The quantitative estimate of drug-likeness (QED) is 0.754. The lowest BCUT2D eigenvalue weighted by atomic mass is 10.2. The molecule has 0 bridgehead atoms. The first-order valence-corrected chi connectivity index (χ1v) is 6.46. The average Bonchev–Trinajstić information content (AvgIpc) is 2.90. The molecule has 5 heteroatoms. The maximum Gasteiger partial charge on any atom is 0.220 e. The summed E-state index contributed by atoms with van der Waals surface area (Å²) in [6, 6.07) is 14.4. The van der Waals surface area contributed by atoms with Crippen molar-refractivity contribution in [2.45, 2.75) is 12.6 Å².